The highest BCUT2D eigenvalue weighted by Gasteiger charge is 2.18. The molecule has 5 heteroatoms. The van der Waals surface area contributed by atoms with E-state index in [-0.39, 0.29) is 10.8 Å². The van der Waals surface area contributed by atoms with Crippen LogP contribution in [0.3, 0.4) is 0 Å². The molecule has 0 spiro atoms. The summed E-state index contributed by atoms with van der Waals surface area (Å²) in [6.45, 7) is 4.31. The number of thiocarbonyl (C=S) groups is 1. The number of ether oxygens (including phenoxy) is 1. The van der Waals surface area contributed by atoms with Gasteiger partial charge >= 0.3 is 0 Å². The van der Waals surface area contributed by atoms with Gasteiger partial charge in [0.25, 0.3) is 0 Å². The van der Waals surface area contributed by atoms with Gasteiger partial charge in [-0.2, -0.15) is 0 Å². The summed E-state index contributed by atoms with van der Waals surface area (Å²) in [6.07, 6.45) is 3.61. The molecule has 0 aliphatic carbocycles. The highest BCUT2D eigenvalue weighted by atomic mass is 35.5. The molecule has 0 radical (unpaired) electrons. The van der Waals surface area contributed by atoms with Gasteiger partial charge in [-0.25, -0.2) is 0 Å². The number of nitrogens with zero attached hydrogens (tertiary/aromatic N) is 1. The summed E-state index contributed by atoms with van der Waals surface area (Å²) < 4.78 is 5.38. The van der Waals surface area contributed by atoms with Crippen molar-refractivity contribution >= 4 is 28.8 Å². The Kier molecular flexibility index (Phi) is 4.88. The van der Waals surface area contributed by atoms with E-state index in [0.29, 0.717) is 12.4 Å². The zero-order valence-corrected chi connectivity index (χ0v) is 12.6. The number of hydrogen-bond donors (Lipinski definition) is 1. The maximum Gasteiger partial charge on any atom is 0.176 e. The molecule has 1 aliphatic heterocycles. The Balaban J connectivity index is 2.25. The van der Waals surface area contributed by atoms with Crippen LogP contribution in [0.15, 0.2) is 12.1 Å². The monoisotopic (exact) mass is 299 g/mol. The zero-order chi connectivity index (χ0) is 13.8. The first-order chi connectivity index (χ1) is 9.13. The average Bonchev–Trinajstić information content (AvgIpc) is 2.44. The molecule has 0 saturated carbocycles. The van der Waals surface area contributed by atoms with E-state index in [4.69, 9.17) is 28.6 Å². The summed E-state index contributed by atoms with van der Waals surface area (Å²) in [4.78, 5) is 2.97. The van der Waals surface area contributed by atoms with Crippen LogP contribution in [0.25, 0.3) is 0 Å². The summed E-state index contributed by atoms with van der Waals surface area (Å²) >= 11 is 11.5. The van der Waals surface area contributed by atoms with Crippen molar-refractivity contribution in [2.45, 2.75) is 26.2 Å². The molecule has 0 bridgehead atoms. The number of halogens is 1. The fourth-order valence-electron chi connectivity index (χ4n) is 2.24. The first kappa shape index (κ1) is 14.4. The largest absolute Gasteiger partial charge is 0.503 e. The van der Waals surface area contributed by atoms with Gasteiger partial charge in [-0.1, -0.05) is 23.8 Å². The molecular weight excluding hydrogens is 282 g/mol. The summed E-state index contributed by atoms with van der Waals surface area (Å²) in [5.41, 5.74) is 0.836. The minimum absolute atomic E-state index is 0.0197. The quantitative estimate of drug-likeness (QED) is 0.864. The smallest absolute Gasteiger partial charge is 0.176 e. The number of hydrogen-bond acceptors (Lipinski definition) is 3. The number of piperidine rings is 1. The number of likely N-dealkylation sites (tertiary alicyclic amines) is 1. The van der Waals surface area contributed by atoms with Gasteiger partial charge < -0.3 is 14.7 Å². The van der Waals surface area contributed by atoms with Gasteiger partial charge in [0, 0.05) is 18.7 Å². The van der Waals surface area contributed by atoms with Crippen molar-refractivity contribution in [1.29, 1.82) is 0 Å². The third kappa shape index (κ3) is 3.31. The van der Waals surface area contributed by atoms with Crippen molar-refractivity contribution < 1.29 is 9.84 Å². The van der Waals surface area contributed by atoms with Crippen molar-refractivity contribution in [3.8, 4) is 11.5 Å². The van der Waals surface area contributed by atoms with E-state index in [1.165, 1.54) is 19.3 Å². The molecule has 1 saturated heterocycles. The van der Waals surface area contributed by atoms with Crippen LogP contribution in [0, 0.1) is 0 Å². The van der Waals surface area contributed by atoms with Gasteiger partial charge in [-0.3, -0.25) is 0 Å². The molecule has 1 heterocycles. The van der Waals surface area contributed by atoms with Crippen LogP contribution in [0.1, 0.15) is 31.7 Å². The van der Waals surface area contributed by atoms with E-state index in [1.54, 1.807) is 12.1 Å². The molecule has 3 nitrogen and oxygen atoms in total. The fraction of sp³-hybridized carbons (Fsp3) is 0.500. The first-order valence-electron chi connectivity index (χ1n) is 6.58. The molecule has 2 rings (SSSR count). The van der Waals surface area contributed by atoms with Gasteiger partial charge in [0.1, 0.15) is 4.99 Å². The van der Waals surface area contributed by atoms with Crippen molar-refractivity contribution in [2.75, 3.05) is 19.7 Å². The predicted octanol–water partition coefficient (Wildman–Crippen LogP) is 3.61. The zero-order valence-electron chi connectivity index (χ0n) is 11.0. The Morgan fingerprint density at radius 1 is 1.37 bits per heavy atom. The minimum Gasteiger partial charge on any atom is -0.503 e. The molecule has 1 aromatic carbocycles. The Hall–Kier alpha value is -1.00. The normalized spacial score (nSPS) is 15.4. The van der Waals surface area contributed by atoms with Crippen molar-refractivity contribution in [3.63, 3.8) is 0 Å². The van der Waals surface area contributed by atoms with Crippen molar-refractivity contribution in [1.82, 2.24) is 4.90 Å². The Labute approximate surface area is 124 Å². The lowest BCUT2D eigenvalue weighted by Crippen LogP contribution is -2.34. The van der Waals surface area contributed by atoms with E-state index in [2.05, 4.69) is 4.90 Å². The first-order valence-corrected chi connectivity index (χ1v) is 7.36. The second kappa shape index (κ2) is 6.44. The lowest BCUT2D eigenvalue weighted by molar-refractivity contribution is 0.317. The molecule has 0 unspecified atom stereocenters. The highest BCUT2D eigenvalue weighted by Crippen LogP contribution is 2.35. The summed E-state index contributed by atoms with van der Waals surface area (Å²) in [7, 11) is 0. The number of phenolic OH excluding ortho intramolecular Hbond substituents is 1. The number of rotatable bonds is 3. The van der Waals surface area contributed by atoms with Gasteiger partial charge in [0.05, 0.1) is 11.6 Å². The maximum absolute atomic E-state index is 9.83. The average molecular weight is 300 g/mol. The highest BCUT2D eigenvalue weighted by molar-refractivity contribution is 7.80. The molecule has 1 fully saturated rings. The minimum atomic E-state index is -0.0197. The molecule has 0 amide bonds. The number of benzene rings is 1. The summed E-state index contributed by atoms with van der Waals surface area (Å²) in [5, 5.41) is 10.1. The Morgan fingerprint density at radius 3 is 2.68 bits per heavy atom. The number of aromatic hydroxyl groups is 1. The van der Waals surface area contributed by atoms with Crippen LogP contribution in [0.4, 0.5) is 0 Å². The molecule has 0 atom stereocenters. The standard InChI is InChI=1S/C14H18ClNO2S/c1-2-18-12-9-10(8-11(15)13(12)17)14(19)16-6-4-3-5-7-16/h8-9,17H,2-7H2,1H3. The Morgan fingerprint density at radius 2 is 2.05 bits per heavy atom. The molecule has 19 heavy (non-hydrogen) atoms. The lowest BCUT2D eigenvalue weighted by Gasteiger charge is -2.29. The van der Waals surface area contributed by atoms with Crippen LogP contribution in [-0.4, -0.2) is 34.7 Å². The molecule has 0 aromatic heterocycles. The van der Waals surface area contributed by atoms with Crippen molar-refractivity contribution in [3.05, 3.63) is 22.7 Å². The number of phenols is 1. The molecule has 1 aliphatic rings. The maximum atomic E-state index is 9.83. The Bertz CT molecular complexity index is 473. The third-order valence-corrected chi connectivity index (χ3v) is 4.00. The lowest BCUT2D eigenvalue weighted by atomic mass is 10.1. The van der Waals surface area contributed by atoms with E-state index in [9.17, 15) is 5.11 Å². The summed E-state index contributed by atoms with van der Waals surface area (Å²) in [5.74, 6) is 0.373. The molecule has 104 valence electrons. The predicted molar refractivity (Wildman–Crippen MR) is 81.4 cm³/mol. The molecular formula is C14H18ClNO2S. The topological polar surface area (TPSA) is 32.7 Å². The van der Waals surface area contributed by atoms with Crippen LogP contribution in [0.2, 0.25) is 5.02 Å². The SMILES string of the molecule is CCOc1cc(C(=S)N2CCCCC2)cc(Cl)c1O. The summed E-state index contributed by atoms with van der Waals surface area (Å²) in [6, 6.07) is 3.47. The van der Waals surface area contributed by atoms with Gasteiger partial charge in [0.2, 0.25) is 0 Å². The van der Waals surface area contributed by atoms with Gasteiger partial charge in [-0.05, 0) is 38.3 Å². The second-order valence-corrected chi connectivity index (χ2v) is 5.38. The van der Waals surface area contributed by atoms with Crippen LogP contribution < -0.4 is 4.74 Å². The molecule has 1 N–H and O–H groups in total. The fourth-order valence-corrected chi connectivity index (χ4v) is 2.75. The van der Waals surface area contributed by atoms with Crippen molar-refractivity contribution in [2.24, 2.45) is 0 Å². The second-order valence-electron chi connectivity index (χ2n) is 4.59. The van der Waals surface area contributed by atoms with Crippen LogP contribution in [0.5, 0.6) is 11.5 Å². The molecule has 1 aromatic rings. The third-order valence-electron chi connectivity index (χ3n) is 3.22. The van der Waals surface area contributed by atoms with E-state index >= 15 is 0 Å². The van der Waals surface area contributed by atoms with E-state index in [1.807, 2.05) is 6.92 Å². The van der Waals surface area contributed by atoms with E-state index < -0.39 is 0 Å². The van der Waals surface area contributed by atoms with Gasteiger partial charge in [0.15, 0.2) is 11.5 Å². The van der Waals surface area contributed by atoms with Gasteiger partial charge in [-0.15, -0.1) is 0 Å². The van der Waals surface area contributed by atoms with Crippen LogP contribution in [-0.2, 0) is 0 Å². The van der Waals surface area contributed by atoms with Crippen LogP contribution >= 0.6 is 23.8 Å². The van der Waals surface area contributed by atoms with E-state index in [0.717, 1.165) is 23.6 Å².